The maximum absolute atomic E-state index is 13.4. The van der Waals surface area contributed by atoms with Crippen molar-refractivity contribution in [1.29, 1.82) is 0 Å². The minimum Gasteiger partial charge on any atom is -0.496 e. The van der Waals surface area contributed by atoms with Gasteiger partial charge in [0.2, 0.25) is 0 Å². The number of fused-ring (bicyclic) bond motifs is 1. The summed E-state index contributed by atoms with van der Waals surface area (Å²) in [5, 5.41) is 0.800. The Morgan fingerprint density at radius 3 is 2.31 bits per heavy atom. The summed E-state index contributed by atoms with van der Waals surface area (Å²) < 4.78 is 58.0. The minimum absolute atomic E-state index is 0.146. The van der Waals surface area contributed by atoms with E-state index < -0.39 is 36.4 Å². The van der Waals surface area contributed by atoms with Crippen LogP contribution >= 0.6 is 0 Å². The number of methoxy groups -OCH3 is 2. The van der Waals surface area contributed by atoms with Crippen molar-refractivity contribution in [2.45, 2.75) is 58.5 Å². The Morgan fingerprint density at radius 2 is 1.71 bits per heavy atom. The number of halogens is 3. The number of ether oxygens (including phenoxy) is 3. The highest BCUT2D eigenvalue weighted by atomic mass is 19.4. The predicted molar refractivity (Wildman–Crippen MR) is 153 cm³/mol. The van der Waals surface area contributed by atoms with Crippen LogP contribution in [-0.4, -0.2) is 78.6 Å². The zero-order chi connectivity index (χ0) is 30.8. The number of esters is 1. The fourth-order valence-electron chi connectivity index (χ4n) is 5.54. The van der Waals surface area contributed by atoms with Gasteiger partial charge in [-0.1, -0.05) is 12.1 Å². The molecule has 1 aliphatic rings. The zero-order valence-electron chi connectivity index (χ0n) is 24.9. The van der Waals surface area contributed by atoms with E-state index in [1.54, 1.807) is 58.3 Å². The van der Waals surface area contributed by atoms with E-state index in [9.17, 15) is 22.8 Å². The maximum Gasteiger partial charge on any atom is 0.419 e. The molecule has 1 unspecified atom stereocenters. The lowest BCUT2D eigenvalue weighted by atomic mass is 10.00. The number of hydrogen-bond donors (Lipinski definition) is 0. The molecule has 3 aromatic rings. The highest BCUT2D eigenvalue weighted by Crippen LogP contribution is 2.36. The fourth-order valence-corrected chi connectivity index (χ4v) is 5.54. The van der Waals surface area contributed by atoms with Crippen LogP contribution in [0.1, 0.15) is 60.3 Å². The fraction of sp³-hybridized carbons (Fsp3) is 0.484. The average molecular weight is 590 g/mol. The van der Waals surface area contributed by atoms with Gasteiger partial charge in [0.25, 0.3) is 0 Å². The molecule has 1 fully saturated rings. The van der Waals surface area contributed by atoms with Crippen LogP contribution in [0.2, 0.25) is 0 Å². The summed E-state index contributed by atoms with van der Waals surface area (Å²) in [6.07, 6.45) is -2.63. The Balaban J connectivity index is 1.76. The van der Waals surface area contributed by atoms with Gasteiger partial charge in [-0.3, -0.25) is 14.4 Å². The Kier molecular flexibility index (Phi) is 9.22. The number of aromatic nitrogens is 1. The van der Waals surface area contributed by atoms with Crippen molar-refractivity contribution in [2.75, 3.05) is 40.4 Å². The molecule has 2 aromatic carbocycles. The molecule has 0 N–H and O–H groups in total. The molecule has 0 aliphatic carbocycles. The van der Waals surface area contributed by atoms with E-state index in [0.29, 0.717) is 42.9 Å². The van der Waals surface area contributed by atoms with Crippen LogP contribution < -0.4 is 4.74 Å². The molecule has 1 aromatic heterocycles. The van der Waals surface area contributed by atoms with E-state index in [1.165, 1.54) is 16.6 Å². The molecule has 0 saturated carbocycles. The lowest BCUT2D eigenvalue weighted by molar-refractivity contribution is -0.146. The predicted octanol–water partition coefficient (Wildman–Crippen LogP) is 6.34. The molecule has 4 rings (SSSR count). The van der Waals surface area contributed by atoms with Crippen molar-refractivity contribution in [3.8, 4) is 5.75 Å². The number of hydrogen-bond acceptors (Lipinski definition) is 7. The number of rotatable bonds is 6. The van der Waals surface area contributed by atoms with Crippen molar-refractivity contribution in [2.24, 2.45) is 0 Å². The average Bonchev–Trinajstić information content (AvgIpc) is 3.27. The van der Waals surface area contributed by atoms with Crippen LogP contribution in [0.25, 0.3) is 10.9 Å². The lowest BCUT2D eigenvalue weighted by Gasteiger charge is -2.33. The van der Waals surface area contributed by atoms with Gasteiger partial charge in [0, 0.05) is 42.8 Å². The number of carbonyl (C=O) groups excluding carboxylic acids is 2. The first-order valence-electron chi connectivity index (χ1n) is 13.8. The van der Waals surface area contributed by atoms with Crippen molar-refractivity contribution < 1.29 is 37.0 Å². The summed E-state index contributed by atoms with van der Waals surface area (Å²) in [7, 11) is 2.87. The number of aryl methyl sites for hydroxylation is 1. The first-order chi connectivity index (χ1) is 19.7. The van der Waals surface area contributed by atoms with Gasteiger partial charge in [0.05, 0.1) is 31.8 Å². The van der Waals surface area contributed by atoms with Crippen molar-refractivity contribution in [1.82, 2.24) is 14.4 Å². The molecular formula is C31H38F3N3O5. The van der Waals surface area contributed by atoms with E-state index in [1.807, 2.05) is 19.1 Å². The topological polar surface area (TPSA) is 73.2 Å². The Labute approximate surface area is 243 Å². The van der Waals surface area contributed by atoms with Gasteiger partial charge in [-0.15, -0.1) is 0 Å². The smallest absolute Gasteiger partial charge is 0.419 e. The van der Waals surface area contributed by atoms with Gasteiger partial charge in [-0.2, -0.15) is 13.2 Å². The number of nitrogens with zero attached hydrogens (tertiary/aromatic N) is 3. The second-order valence-electron chi connectivity index (χ2n) is 11.6. The van der Waals surface area contributed by atoms with Gasteiger partial charge < -0.3 is 14.2 Å². The van der Waals surface area contributed by atoms with Crippen LogP contribution in [0.15, 0.2) is 42.6 Å². The molecular weight excluding hydrogens is 551 g/mol. The van der Waals surface area contributed by atoms with Crippen molar-refractivity contribution >= 4 is 23.0 Å². The first-order valence-corrected chi connectivity index (χ1v) is 13.8. The SMILES string of the molecule is COC(=O)c1ccc(C2CN(CC(F)(F)F)CCCN2Cc2c(OC)cc(C)c3c2ccn3C(=O)OC(C)(C)C)cc1. The van der Waals surface area contributed by atoms with Crippen LogP contribution in [0, 0.1) is 6.92 Å². The van der Waals surface area contributed by atoms with E-state index in [-0.39, 0.29) is 6.54 Å². The molecule has 228 valence electrons. The molecule has 1 aliphatic heterocycles. The second-order valence-corrected chi connectivity index (χ2v) is 11.6. The van der Waals surface area contributed by atoms with Gasteiger partial charge in [0.1, 0.15) is 11.4 Å². The zero-order valence-corrected chi connectivity index (χ0v) is 24.9. The number of alkyl halides is 3. The number of benzene rings is 2. The van der Waals surface area contributed by atoms with Crippen LogP contribution in [0.3, 0.4) is 0 Å². The molecule has 0 amide bonds. The molecule has 11 heteroatoms. The summed E-state index contributed by atoms with van der Waals surface area (Å²) in [5.41, 5.74) is 2.79. The van der Waals surface area contributed by atoms with Crippen LogP contribution in [0.5, 0.6) is 5.75 Å². The molecule has 0 radical (unpaired) electrons. The summed E-state index contributed by atoms with van der Waals surface area (Å²) in [6, 6.07) is 10.1. The molecule has 8 nitrogen and oxygen atoms in total. The third-order valence-corrected chi connectivity index (χ3v) is 7.31. The van der Waals surface area contributed by atoms with Crippen LogP contribution in [-0.2, 0) is 16.0 Å². The molecule has 1 atom stereocenters. The van der Waals surface area contributed by atoms with Crippen LogP contribution in [0.4, 0.5) is 18.0 Å². The molecule has 0 bridgehead atoms. The highest BCUT2D eigenvalue weighted by Gasteiger charge is 2.35. The molecule has 0 spiro atoms. The molecule has 1 saturated heterocycles. The Morgan fingerprint density at radius 1 is 1.02 bits per heavy atom. The molecule has 2 heterocycles. The Hall–Kier alpha value is -3.57. The summed E-state index contributed by atoms with van der Waals surface area (Å²) >= 11 is 0. The van der Waals surface area contributed by atoms with E-state index in [2.05, 4.69) is 4.90 Å². The summed E-state index contributed by atoms with van der Waals surface area (Å²) in [4.78, 5) is 28.6. The third kappa shape index (κ3) is 7.25. The first kappa shape index (κ1) is 31.4. The van der Waals surface area contributed by atoms with Gasteiger partial charge >= 0.3 is 18.2 Å². The quantitative estimate of drug-likeness (QED) is 0.311. The number of carbonyl (C=O) groups is 2. The molecule has 42 heavy (non-hydrogen) atoms. The monoisotopic (exact) mass is 589 g/mol. The van der Waals surface area contributed by atoms with Crippen molar-refractivity contribution in [3.63, 3.8) is 0 Å². The van der Waals surface area contributed by atoms with E-state index in [4.69, 9.17) is 14.2 Å². The lowest BCUT2D eigenvalue weighted by Crippen LogP contribution is -2.39. The summed E-state index contributed by atoms with van der Waals surface area (Å²) in [6.45, 7) is 7.63. The second kappa shape index (κ2) is 12.3. The van der Waals surface area contributed by atoms with E-state index in [0.717, 1.165) is 22.1 Å². The van der Waals surface area contributed by atoms with Crippen molar-refractivity contribution in [3.05, 3.63) is 64.8 Å². The minimum atomic E-state index is -4.33. The summed E-state index contributed by atoms with van der Waals surface area (Å²) in [5.74, 6) is 0.136. The van der Waals surface area contributed by atoms with E-state index >= 15 is 0 Å². The standard InChI is InChI=1S/C31H38F3N3O5/c1-20-16-26(40-5)24(23-12-15-37(27(20)23)29(39)42-30(2,3)4)17-36-14-7-13-35(19-31(32,33)34)18-25(36)21-8-10-22(11-9-21)28(38)41-6/h8-12,15-16,25H,7,13-14,17-19H2,1-6H3. The normalized spacial score (nSPS) is 17.2. The largest absolute Gasteiger partial charge is 0.496 e. The van der Waals surface area contributed by atoms with Gasteiger partial charge in [-0.05, 0) is 76.1 Å². The van der Waals surface area contributed by atoms with Gasteiger partial charge in [0.15, 0.2) is 0 Å². The third-order valence-electron chi connectivity index (χ3n) is 7.31. The Bertz CT molecular complexity index is 1430. The maximum atomic E-state index is 13.4. The highest BCUT2D eigenvalue weighted by molar-refractivity contribution is 5.95. The van der Waals surface area contributed by atoms with Gasteiger partial charge in [-0.25, -0.2) is 9.59 Å².